The number of rotatable bonds is 5. The maximum Gasteiger partial charge on any atom is 0.263 e. The standard InChI is InChI=1S/C19H9ClF2N4O3S/c20-15-7-16(22)18(6-11(15)8-23)29-17-3-2-14(5-12(17)9-24)30(27,28)26-19-4-1-13(21)10-25-19/h1-7,10H,(H,25,26). The van der Waals surface area contributed by atoms with Gasteiger partial charge in [0.1, 0.15) is 29.5 Å². The van der Waals surface area contributed by atoms with Crippen LogP contribution in [0.1, 0.15) is 11.1 Å². The quantitative estimate of drug-likeness (QED) is 0.622. The highest BCUT2D eigenvalue weighted by Crippen LogP contribution is 2.32. The molecule has 7 nitrogen and oxygen atoms in total. The summed E-state index contributed by atoms with van der Waals surface area (Å²) in [7, 11) is -4.15. The van der Waals surface area contributed by atoms with Gasteiger partial charge in [-0.15, -0.1) is 0 Å². The van der Waals surface area contributed by atoms with Crippen LogP contribution in [0.4, 0.5) is 14.6 Å². The molecule has 2 aromatic carbocycles. The molecule has 0 unspecified atom stereocenters. The Balaban J connectivity index is 1.93. The van der Waals surface area contributed by atoms with E-state index in [-0.39, 0.29) is 38.4 Å². The molecule has 150 valence electrons. The van der Waals surface area contributed by atoms with Crippen LogP contribution in [0.5, 0.6) is 11.5 Å². The van der Waals surface area contributed by atoms with Crippen LogP contribution in [0.15, 0.2) is 53.6 Å². The van der Waals surface area contributed by atoms with Crippen LogP contribution in [0, 0.1) is 34.3 Å². The van der Waals surface area contributed by atoms with E-state index in [1.165, 1.54) is 0 Å². The Morgan fingerprint density at radius 3 is 2.37 bits per heavy atom. The SMILES string of the molecule is N#Cc1cc(Oc2ccc(S(=O)(=O)Nc3ccc(F)cn3)cc2C#N)c(F)cc1Cl. The summed E-state index contributed by atoms with van der Waals surface area (Å²) < 4.78 is 59.5. The van der Waals surface area contributed by atoms with E-state index in [0.29, 0.717) is 0 Å². The predicted molar refractivity (Wildman–Crippen MR) is 102 cm³/mol. The van der Waals surface area contributed by atoms with Crippen molar-refractivity contribution in [2.75, 3.05) is 4.72 Å². The summed E-state index contributed by atoms with van der Waals surface area (Å²) in [5.41, 5.74) is -0.250. The molecule has 0 atom stereocenters. The molecule has 0 radical (unpaired) electrons. The van der Waals surface area contributed by atoms with E-state index in [9.17, 15) is 22.5 Å². The molecular formula is C19H9ClF2N4O3S. The summed E-state index contributed by atoms with van der Waals surface area (Å²) in [6.07, 6.45) is 0.839. The molecule has 3 rings (SSSR count). The first-order chi connectivity index (χ1) is 14.2. The second kappa shape index (κ2) is 8.33. The molecule has 30 heavy (non-hydrogen) atoms. The van der Waals surface area contributed by atoms with E-state index in [2.05, 4.69) is 9.71 Å². The van der Waals surface area contributed by atoms with Crippen molar-refractivity contribution in [3.05, 3.63) is 76.4 Å². The zero-order chi connectivity index (χ0) is 21.9. The lowest BCUT2D eigenvalue weighted by molar-refractivity contribution is 0.440. The van der Waals surface area contributed by atoms with Crippen LogP contribution in [0.25, 0.3) is 0 Å². The first-order valence-corrected chi connectivity index (χ1v) is 9.85. The maximum atomic E-state index is 14.1. The number of hydrogen-bond donors (Lipinski definition) is 1. The van der Waals surface area contributed by atoms with Gasteiger partial charge in [-0.2, -0.15) is 10.5 Å². The summed E-state index contributed by atoms with van der Waals surface area (Å²) in [6.45, 7) is 0. The van der Waals surface area contributed by atoms with Crippen LogP contribution in [-0.4, -0.2) is 13.4 Å². The zero-order valence-corrected chi connectivity index (χ0v) is 16.3. The molecule has 0 aliphatic heterocycles. The lowest BCUT2D eigenvalue weighted by Gasteiger charge is -2.12. The number of nitriles is 2. The first-order valence-electron chi connectivity index (χ1n) is 7.99. The average Bonchev–Trinajstić information content (AvgIpc) is 2.71. The summed E-state index contributed by atoms with van der Waals surface area (Å²) in [4.78, 5) is 3.31. The molecule has 0 saturated carbocycles. The highest BCUT2D eigenvalue weighted by Gasteiger charge is 2.19. The van der Waals surface area contributed by atoms with Gasteiger partial charge in [0.05, 0.1) is 27.2 Å². The van der Waals surface area contributed by atoms with Crippen molar-refractivity contribution >= 4 is 27.4 Å². The van der Waals surface area contributed by atoms with Crippen molar-refractivity contribution in [3.63, 3.8) is 0 Å². The van der Waals surface area contributed by atoms with Crippen LogP contribution < -0.4 is 9.46 Å². The van der Waals surface area contributed by atoms with Crippen molar-refractivity contribution in [2.24, 2.45) is 0 Å². The van der Waals surface area contributed by atoms with E-state index in [4.69, 9.17) is 21.6 Å². The van der Waals surface area contributed by atoms with Crippen molar-refractivity contribution in [2.45, 2.75) is 4.90 Å². The minimum absolute atomic E-state index is 0.0400. The fourth-order valence-corrected chi connectivity index (χ4v) is 3.52. The smallest absolute Gasteiger partial charge is 0.263 e. The number of benzene rings is 2. The van der Waals surface area contributed by atoms with Crippen LogP contribution in [0.2, 0.25) is 5.02 Å². The van der Waals surface area contributed by atoms with Gasteiger partial charge in [0.25, 0.3) is 10.0 Å². The van der Waals surface area contributed by atoms with E-state index in [1.807, 2.05) is 0 Å². The average molecular weight is 447 g/mol. The summed E-state index contributed by atoms with van der Waals surface area (Å²) in [6, 6.07) is 10.9. The Morgan fingerprint density at radius 2 is 1.73 bits per heavy atom. The molecule has 0 spiro atoms. The Kier molecular flexibility index (Phi) is 5.83. The fraction of sp³-hybridized carbons (Fsp3) is 0. The second-order valence-electron chi connectivity index (χ2n) is 5.71. The van der Waals surface area contributed by atoms with Gasteiger partial charge in [0.15, 0.2) is 11.6 Å². The largest absolute Gasteiger partial charge is 0.453 e. The summed E-state index contributed by atoms with van der Waals surface area (Å²) in [5.74, 6) is -2.13. The Morgan fingerprint density at radius 1 is 1.00 bits per heavy atom. The third-order valence-corrected chi connectivity index (χ3v) is 5.38. The molecule has 1 heterocycles. The fourth-order valence-electron chi connectivity index (χ4n) is 2.30. The number of nitrogens with one attached hydrogen (secondary N) is 1. The minimum Gasteiger partial charge on any atom is -0.453 e. The third kappa shape index (κ3) is 4.46. The Bertz CT molecular complexity index is 1320. The van der Waals surface area contributed by atoms with Crippen molar-refractivity contribution in [3.8, 4) is 23.6 Å². The molecule has 11 heteroatoms. The van der Waals surface area contributed by atoms with Gasteiger partial charge in [-0.05, 0) is 36.4 Å². The lowest BCUT2D eigenvalue weighted by atomic mass is 10.2. The molecule has 3 aromatic rings. The molecule has 0 bridgehead atoms. The van der Waals surface area contributed by atoms with Gasteiger partial charge in [0.2, 0.25) is 0 Å². The van der Waals surface area contributed by atoms with Crippen molar-refractivity contribution in [1.29, 1.82) is 10.5 Å². The van der Waals surface area contributed by atoms with Crippen molar-refractivity contribution in [1.82, 2.24) is 4.98 Å². The number of ether oxygens (including phenoxy) is 1. The van der Waals surface area contributed by atoms with E-state index < -0.39 is 21.7 Å². The zero-order valence-electron chi connectivity index (χ0n) is 14.7. The van der Waals surface area contributed by atoms with Gasteiger partial charge in [0, 0.05) is 6.07 Å². The Labute approximate surface area is 174 Å². The maximum absolute atomic E-state index is 14.1. The van der Waals surface area contributed by atoms with Crippen LogP contribution in [-0.2, 0) is 10.0 Å². The molecule has 0 aliphatic rings. The molecule has 1 aromatic heterocycles. The second-order valence-corrected chi connectivity index (χ2v) is 7.80. The normalized spacial score (nSPS) is 10.7. The van der Waals surface area contributed by atoms with Crippen LogP contribution in [0.3, 0.4) is 0 Å². The number of halogens is 3. The lowest BCUT2D eigenvalue weighted by Crippen LogP contribution is -2.14. The van der Waals surface area contributed by atoms with Gasteiger partial charge in [-0.25, -0.2) is 22.2 Å². The van der Waals surface area contributed by atoms with Crippen LogP contribution >= 0.6 is 11.6 Å². The monoisotopic (exact) mass is 446 g/mol. The van der Waals surface area contributed by atoms with E-state index >= 15 is 0 Å². The van der Waals surface area contributed by atoms with Gasteiger partial charge >= 0.3 is 0 Å². The van der Waals surface area contributed by atoms with Gasteiger partial charge < -0.3 is 4.74 Å². The highest BCUT2D eigenvalue weighted by molar-refractivity contribution is 7.92. The van der Waals surface area contributed by atoms with Crippen molar-refractivity contribution < 1.29 is 21.9 Å². The number of anilines is 1. The highest BCUT2D eigenvalue weighted by atomic mass is 35.5. The predicted octanol–water partition coefficient (Wildman–Crippen LogP) is 4.35. The summed E-state index contributed by atoms with van der Waals surface area (Å²) >= 11 is 5.74. The molecule has 0 aliphatic carbocycles. The molecule has 0 fully saturated rings. The Hall–Kier alpha value is -3.73. The number of aromatic nitrogens is 1. The number of sulfonamides is 1. The van der Waals surface area contributed by atoms with Gasteiger partial charge in [-0.3, -0.25) is 4.72 Å². The topological polar surface area (TPSA) is 116 Å². The number of nitrogens with zero attached hydrogens (tertiary/aromatic N) is 3. The van der Waals surface area contributed by atoms with Gasteiger partial charge in [-0.1, -0.05) is 11.6 Å². The summed E-state index contributed by atoms with van der Waals surface area (Å²) in [5, 5.41) is 18.2. The minimum atomic E-state index is -4.15. The molecule has 1 N–H and O–H groups in total. The molecule has 0 saturated heterocycles. The molecule has 0 amide bonds. The third-order valence-electron chi connectivity index (χ3n) is 3.71. The number of hydrogen-bond acceptors (Lipinski definition) is 6. The number of pyridine rings is 1. The first kappa shape index (κ1) is 21.0. The molecular weight excluding hydrogens is 438 g/mol. The van der Waals surface area contributed by atoms with E-state index in [1.54, 1.807) is 12.1 Å². The van der Waals surface area contributed by atoms with E-state index in [0.717, 1.165) is 48.7 Å².